The van der Waals surface area contributed by atoms with Crippen LogP contribution in [-0.2, 0) is 11.2 Å². The van der Waals surface area contributed by atoms with Crippen molar-refractivity contribution in [2.24, 2.45) is 5.92 Å². The molecule has 1 aromatic carbocycles. The number of aromatic nitrogens is 2. The molecule has 0 saturated heterocycles. The van der Waals surface area contributed by atoms with Crippen LogP contribution in [-0.4, -0.2) is 16.1 Å². The molecule has 6 heteroatoms. The predicted molar refractivity (Wildman–Crippen MR) is 72.7 cm³/mol. The molecular formula is C14H12N4O2. The molecule has 100 valence electrons. The fraction of sp³-hybridized carbons (Fsp3) is 0.143. The maximum atomic E-state index is 12.0. The second-order valence-electron chi connectivity index (χ2n) is 4.17. The Balaban J connectivity index is 2.04. The monoisotopic (exact) mass is 268 g/mol. The van der Waals surface area contributed by atoms with Crippen molar-refractivity contribution in [3.8, 4) is 6.07 Å². The van der Waals surface area contributed by atoms with E-state index in [1.807, 2.05) is 36.4 Å². The summed E-state index contributed by atoms with van der Waals surface area (Å²) in [5.41, 5.74) is 0.549. The molecule has 1 atom stereocenters. The summed E-state index contributed by atoms with van der Waals surface area (Å²) in [7, 11) is 0. The van der Waals surface area contributed by atoms with Gasteiger partial charge < -0.3 is 5.32 Å². The number of carbonyl (C=O) groups excluding carboxylic acids is 1. The molecule has 0 fully saturated rings. The van der Waals surface area contributed by atoms with E-state index in [2.05, 4.69) is 15.5 Å². The summed E-state index contributed by atoms with van der Waals surface area (Å²) < 4.78 is 0. The lowest BCUT2D eigenvalue weighted by Crippen LogP contribution is -2.24. The molecule has 6 nitrogen and oxygen atoms in total. The second kappa shape index (κ2) is 6.29. The number of carbonyl (C=O) groups is 1. The molecular weight excluding hydrogens is 256 g/mol. The van der Waals surface area contributed by atoms with Gasteiger partial charge in [-0.1, -0.05) is 30.3 Å². The Morgan fingerprint density at radius 1 is 1.30 bits per heavy atom. The minimum atomic E-state index is -0.814. The van der Waals surface area contributed by atoms with Crippen molar-refractivity contribution in [3.63, 3.8) is 0 Å². The number of anilines is 1. The second-order valence-corrected chi connectivity index (χ2v) is 4.17. The van der Waals surface area contributed by atoms with Gasteiger partial charge in [0.05, 0.1) is 6.07 Å². The molecule has 1 unspecified atom stereocenters. The van der Waals surface area contributed by atoms with E-state index in [-0.39, 0.29) is 11.4 Å². The highest BCUT2D eigenvalue weighted by molar-refractivity contribution is 5.93. The first-order valence-corrected chi connectivity index (χ1v) is 5.99. The first-order chi connectivity index (χ1) is 9.69. The zero-order valence-corrected chi connectivity index (χ0v) is 10.5. The highest BCUT2D eigenvalue weighted by Crippen LogP contribution is 2.10. The van der Waals surface area contributed by atoms with Crippen LogP contribution in [0.1, 0.15) is 5.56 Å². The van der Waals surface area contributed by atoms with Gasteiger partial charge in [0.2, 0.25) is 5.91 Å². The van der Waals surface area contributed by atoms with Crippen molar-refractivity contribution >= 4 is 11.7 Å². The normalized spacial score (nSPS) is 11.3. The molecule has 2 rings (SSSR count). The maximum absolute atomic E-state index is 12.0. The van der Waals surface area contributed by atoms with Crippen LogP contribution in [0.2, 0.25) is 0 Å². The van der Waals surface area contributed by atoms with Gasteiger partial charge in [0.15, 0.2) is 5.82 Å². The highest BCUT2D eigenvalue weighted by atomic mass is 16.2. The van der Waals surface area contributed by atoms with Gasteiger partial charge in [0.25, 0.3) is 5.56 Å². The number of nitrogens with one attached hydrogen (secondary N) is 2. The fourth-order valence-electron chi connectivity index (χ4n) is 1.67. The minimum Gasteiger partial charge on any atom is -0.308 e. The third-order valence-electron chi connectivity index (χ3n) is 2.69. The first-order valence-electron chi connectivity index (χ1n) is 5.99. The number of hydrogen-bond donors (Lipinski definition) is 2. The lowest BCUT2D eigenvalue weighted by atomic mass is 10.00. The molecule has 0 spiro atoms. The Kier molecular flexibility index (Phi) is 4.24. The van der Waals surface area contributed by atoms with Gasteiger partial charge in [-0.25, -0.2) is 5.10 Å². The third-order valence-corrected chi connectivity index (χ3v) is 2.69. The minimum absolute atomic E-state index is 0.211. The summed E-state index contributed by atoms with van der Waals surface area (Å²) in [5, 5.41) is 17.5. The van der Waals surface area contributed by atoms with Crippen molar-refractivity contribution in [3.05, 3.63) is 58.4 Å². The van der Waals surface area contributed by atoms with Gasteiger partial charge in [-0.05, 0) is 18.1 Å². The third kappa shape index (κ3) is 3.53. The van der Waals surface area contributed by atoms with Crippen molar-refractivity contribution in [1.82, 2.24) is 10.2 Å². The summed E-state index contributed by atoms with van der Waals surface area (Å²) in [5.74, 6) is -1.05. The number of H-pyrrole nitrogens is 1. The number of rotatable bonds is 4. The summed E-state index contributed by atoms with van der Waals surface area (Å²) in [6.45, 7) is 0. The molecule has 1 aromatic heterocycles. The largest absolute Gasteiger partial charge is 0.308 e. The topological polar surface area (TPSA) is 98.6 Å². The number of benzene rings is 1. The van der Waals surface area contributed by atoms with E-state index in [9.17, 15) is 9.59 Å². The Bertz CT molecular complexity index is 668. The molecule has 1 heterocycles. The fourth-order valence-corrected chi connectivity index (χ4v) is 1.67. The van der Waals surface area contributed by atoms with Gasteiger partial charge in [-0.15, -0.1) is 0 Å². The smallest absolute Gasteiger partial charge is 0.264 e. The van der Waals surface area contributed by atoms with Crippen LogP contribution in [0.5, 0.6) is 0 Å². The number of aromatic amines is 1. The van der Waals surface area contributed by atoms with Crippen LogP contribution in [0.25, 0.3) is 0 Å². The molecule has 0 aliphatic heterocycles. The molecule has 0 radical (unpaired) electrons. The molecule has 2 N–H and O–H groups in total. The number of hydrogen-bond acceptors (Lipinski definition) is 4. The average Bonchev–Trinajstić information content (AvgIpc) is 2.48. The Morgan fingerprint density at radius 3 is 2.65 bits per heavy atom. The van der Waals surface area contributed by atoms with Gasteiger partial charge >= 0.3 is 0 Å². The summed E-state index contributed by atoms with van der Waals surface area (Å²) in [6, 6.07) is 13.9. The molecule has 20 heavy (non-hydrogen) atoms. The molecule has 0 aliphatic rings. The SMILES string of the molecule is N#CC(Cc1ccccc1)C(=O)Nc1ccc(=O)[nH]n1. The Labute approximate surface area is 115 Å². The Hall–Kier alpha value is -2.94. The van der Waals surface area contributed by atoms with Gasteiger partial charge in [0, 0.05) is 6.07 Å². The van der Waals surface area contributed by atoms with Gasteiger partial charge in [-0.3, -0.25) is 9.59 Å². The van der Waals surface area contributed by atoms with E-state index in [1.54, 1.807) is 0 Å². The summed E-state index contributed by atoms with van der Waals surface area (Å²) >= 11 is 0. The van der Waals surface area contributed by atoms with Crippen molar-refractivity contribution in [1.29, 1.82) is 5.26 Å². The zero-order valence-electron chi connectivity index (χ0n) is 10.5. The van der Waals surface area contributed by atoms with Crippen LogP contribution in [0.15, 0.2) is 47.3 Å². The first kappa shape index (κ1) is 13.5. The van der Waals surface area contributed by atoms with Crippen LogP contribution in [0, 0.1) is 17.2 Å². The van der Waals surface area contributed by atoms with E-state index < -0.39 is 11.8 Å². The highest BCUT2D eigenvalue weighted by Gasteiger charge is 2.18. The lowest BCUT2D eigenvalue weighted by molar-refractivity contribution is -0.118. The van der Waals surface area contributed by atoms with Crippen LogP contribution < -0.4 is 10.9 Å². The van der Waals surface area contributed by atoms with Gasteiger partial charge in [-0.2, -0.15) is 10.4 Å². The van der Waals surface area contributed by atoms with E-state index in [1.165, 1.54) is 12.1 Å². The molecule has 2 aromatic rings. The van der Waals surface area contributed by atoms with Crippen molar-refractivity contribution in [2.75, 3.05) is 5.32 Å². The Morgan fingerprint density at radius 2 is 2.05 bits per heavy atom. The van der Waals surface area contributed by atoms with E-state index in [0.717, 1.165) is 5.56 Å². The van der Waals surface area contributed by atoms with Gasteiger partial charge in [0.1, 0.15) is 5.92 Å². The lowest BCUT2D eigenvalue weighted by Gasteiger charge is -2.09. The summed E-state index contributed by atoms with van der Waals surface area (Å²) in [6.07, 6.45) is 0.326. The van der Waals surface area contributed by atoms with E-state index in [4.69, 9.17) is 5.26 Å². The van der Waals surface area contributed by atoms with Crippen LogP contribution in [0.3, 0.4) is 0 Å². The quantitative estimate of drug-likeness (QED) is 0.867. The number of amides is 1. The maximum Gasteiger partial charge on any atom is 0.264 e. The molecule has 0 bridgehead atoms. The van der Waals surface area contributed by atoms with Crippen LogP contribution in [0.4, 0.5) is 5.82 Å². The molecule has 1 amide bonds. The predicted octanol–water partition coefficient (Wildman–Crippen LogP) is 1.09. The van der Waals surface area contributed by atoms with Crippen molar-refractivity contribution < 1.29 is 4.79 Å². The average molecular weight is 268 g/mol. The van der Waals surface area contributed by atoms with Crippen LogP contribution >= 0.6 is 0 Å². The van der Waals surface area contributed by atoms with E-state index in [0.29, 0.717) is 6.42 Å². The zero-order chi connectivity index (χ0) is 14.4. The van der Waals surface area contributed by atoms with Crippen molar-refractivity contribution in [2.45, 2.75) is 6.42 Å². The summed E-state index contributed by atoms with van der Waals surface area (Å²) in [4.78, 5) is 22.8. The van der Waals surface area contributed by atoms with E-state index >= 15 is 0 Å². The molecule has 0 aliphatic carbocycles. The number of nitriles is 1. The molecule has 0 saturated carbocycles. The standard InChI is InChI=1S/C14H12N4O2/c15-9-11(8-10-4-2-1-3-5-10)14(20)16-12-6-7-13(19)18-17-12/h1-7,11H,8H2,(H,18,19)(H,16,17,20). The number of nitrogens with zero attached hydrogens (tertiary/aromatic N) is 2.